The van der Waals surface area contributed by atoms with Crippen LogP contribution in [0.3, 0.4) is 0 Å². The summed E-state index contributed by atoms with van der Waals surface area (Å²) in [7, 11) is 0. The molecule has 4 amide bonds. The van der Waals surface area contributed by atoms with E-state index >= 15 is 0 Å². The van der Waals surface area contributed by atoms with Crippen molar-refractivity contribution in [1.29, 1.82) is 0 Å². The maximum absolute atomic E-state index is 13.1. The second-order valence-corrected chi connectivity index (χ2v) is 9.28. The van der Waals surface area contributed by atoms with Gasteiger partial charge in [0.05, 0.1) is 6.04 Å². The molecule has 1 aromatic carbocycles. The minimum Gasteiger partial charge on any atom is -0.480 e. The van der Waals surface area contributed by atoms with E-state index in [9.17, 15) is 29.1 Å². The van der Waals surface area contributed by atoms with Gasteiger partial charge < -0.3 is 38.3 Å². The minimum absolute atomic E-state index is 0.105. The Hall–Kier alpha value is -3.51. The van der Waals surface area contributed by atoms with E-state index in [1.807, 2.05) is 30.3 Å². The van der Waals surface area contributed by atoms with Crippen LogP contribution in [0.1, 0.15) is 51.5 Å². The molecule has 0 aliphatic heterocycles. The zero-order chi connectivity index (χ0) is 28.0. The highest BCUT2D eigenvalue weighted by atomic mass is 16.4. The number of carbonyl (C=O) groups excluding carboxylic acids is 4. The zero-order valence-corrected chi connectivity index (χ0v) is 21.4. The highest BCUT2D eigenvalue weighted by molar-refractivity contribution is 5.94. The quantitative estimate of drug-likeness (QED) is 0.128. The van der Waals surface area contributed by atoms with E-state index < -0.39 is 59.7 Å². The molecule has 37 heavy (non-hydrogen) atoms. The van der Waals surface area contributed by atoms with E-state index in [2.05, 4.69) is 16.0 Å². The van der Waals surface area contributed by atoms with Gasteiger partial charge in [0.25, 0.3) is 0 Å². The maximum Gasteiger partial charge on any atom is 0.326 e. The Morgan fingerprint density at radius 3 is 1.97 bits per heavy atom. The molecule has 0 heterocycles. The third-order valence-corrected chi connectivity index (χ3v) is 5.76. The molecule has 206 valence electrons. The number of nitrogens with two attached hydrogens (primary N) is 3. The van der Waals surface area contributed by atoms with Crippen LogP contribution in [0.5, 0.6) is 0 Å². The van der Waals surface area contributed by atoms with Crippen molar-refractivity contribution < 1.29 is 29.1 Å². The lowest BCUT2D eigenvalue weighted by atomic mass is 10.0. The summed E-state index contributed by atoms with van der Waals surface area (Å²) in [4.78, 5) is 61.7. The predicted molar refractivity (Wildman–Crippen MR) is 138 cm³/mol. The second kappa shape index (κ2) is 16.3. The van der Waals surface area contributed by atoms with Crippen molar-refractivity contribution in [3.63, 3.8) is 0 Å². The molecule has 0 radical (unpaired) electrons. The molecule has 4 unspecified atom stereocenters. The van der Waals surface area contributed by atoms with Gasteiger partial charge in [-0.1, -0.05) is 44.2 Å². The molecular formula is C25H40N6O6. The minimum atomic E-state index is -1.20. The number of benzene rings is 1. The van der Waals surface area contributed by atoms with Gasteiger partial charge in [0.1, 0.15) is 18.1 Å². The van der Waals surface area contributed by atoms with E-state index in [0.717, 1.165) is 5.56 Å². The largest absolute Gasteiger partial charge is 0.480 e. The first kappa shape index (κ1) is 31.5. The lowest BCUT2D eigenvalue weighted by Gasteiger charge is -2.26. The third kappa shape index (κ3) is 11.8. The van der Waals surface area contributed by atoms with Crippen LogP contribution in [0.15, 0.2) is 30.3 Å². The van der Waals surface area contributed by atoms with Crippen LogP contribution in [0.4, 0.5) is 0 Å². The van der Waals surface area contributed by atoms with Gasteiger partial charge in [-0.15, -0.1) is 0 Å². The number of carboxylic acid groups (broad SMARTS) is 1. The van der Waals surface area contributed by atoms with E-state index in [1.165, 1.54) is 0 Å². The van der Waals surface area contributed by atoms with Gasteiger partial charge in [0.15, 0.2) is 0 Å². The number of amides is 4. The number of primary amides is 1. The second-order valence-electron chi connectivity index (χ2n) is 9.28. The Balaban J connectivity index is 2.99. The number of aliphatic carboxylic acids is 1. The summed E-state index contributed by atoms with van der Waals surface area (Å²) in [6.45, 7) is 3.67. The summed E-state index contributed by atoms with van der Waals surface area (Å²) in [5.41, 5.74) is 17.6. The van der Waals surface area contributed by atoms with E-state index in [1.54, 1.807) is 13.8 Å². The van der Waals surface area contributed by atoms with Gasteiger partial charge in [-0.3, -0.25) is 19.2 Å². The van der Waals surface area contributed by atoms with Crippen molar-refractivity contribution in [1.82, 2.24) is 16.0 Å². The van der Waals surface area contributed by atoms with Crippen LogP contribution >= 0.6 is 0 Å². The number of hydrogen-bond donors (Lipinski definition) is 7. The Kier molecular flexibility index (Phi) is 13.9. The van der Waals surface area contributed by atoms with Gasteiger partial charge in [0, 0.05) is 6.42 Å². The first-order valence-electron chi connectivity index (χ1n) is 12.4. The fraction of sp³-hybridized carbons (Fsp3) is 0.560. The highest BCUT2D eigenvalue weighted by Gasteiger charge is 2.31. The number of unbranched alkanes of at least 4 members (excludes halogenated alkanes) is 1. The molecule has 0 aromatic heterocycles. The smallest absolute Gasteiger partial charge is 0.326 e. The van der Waals surface area contributed by atoms with Crippen LogP contribution < -0.4 is 33.2 Å². The standard InChI is InChI=1S/C25H40N6O6/c1-15(2)21(25(36)37)31-24(35)18(10-6-7-13-26)30-23(34)19(11-12-20(28)32)29-22(33)17(27)14-16-8-4-3-5-9-16/h3-5,8-9,15,17-19,21H,6-7,10-14,26-27H2,1-2H3,(H2,28,32)(H,29,33)(H,30,34)(H,31,35)(H,36,37). The van der Waals surface area contributed by atoms with Crippen LogP contribution in [-0.2, 0) is 30.4 Å². The molecule has 4 atom stereocenters. The average molecular weight is 521 g/mol. The van der Waals surface area contributed by atoms with Crippen molar-refractivity contribution in [2.45, 2.75) is 76.5 Å². The number of hydrogen-bond acceptors (Lipinski definition) is 7. The molecule has 12 heteroatoms. The molecular weight excluding hydrogens is 480 g/mol. The molecule has 0 saturated heterocycles. The molecule has 0 spiro atoms. The number of nitrogens with one attached hydrogen (secondary N) is 3. The SMILES string of the molecule is CC(C)C(NC(=O)C(CCCCN)NC(=O)C(CCC(N)=O)NC(=O)C(N)Cc1ccccc1)C(=O)O. The monoisotopic (exact) mass is 520 g/mol. The average Bonchev–Trinajstić information content (AvgIpc) is 2.84. The van der Waals surface area contributed by atoms with Crippen LogP contribution in [0.2, 0.25) is 0 Å². The summed E-state index contributed by atoms with van der Waals surface area (Å²) in [6.07, 6.45) is 1.21. The lowest BCUT2D eigenvalue weighted by Crippen LogP contribution is -2.57. The first-order chi connectivity index (χ1) is 17.5. The number of carboxylic acids is 1. The molecule has 1 aromatic rings. The molecule has 0 aliphatic rings. The molecule has 0 aliphatic carbocycles. The van der Waals surface area contributed by atoms with E-state index in [0.29, 0.717) is 19.4 Å². The lowest BCUT2D eigenvalue weighted by molar-refractivity contribution is -0.143. The van der Waals surface area contributed by atoms with E-state index in [-0.39, 0.29) is 25.7 Å². The first-order valence-corrected chi connectivity index (χ1v) is 12.4. The molecule has 10 N–H and O–H groups in total. The summed E-state index contributed by atoms with van der Waals surface area (Å²) in [6, 6.07) is 4.71. The van der Waals surface area contributed by atoms with E-state index in [4.69, 9.17) is 17.2 Å². The molecule has 0 fully saturated rings. The Morgan fingerprint density at radius 1 is 0.865 bits per heavy atom. The summed E-state index contributed by atoms with van der Waals surface area (Å²) < 4.78 is 0. The number of carbonyl (C=O) groups is 5. The van der Waals surface area contributed by atoms with Crippen LogP contribution in [0.25, 0.3) is 0 Å². The summed E-state index contributed by atoms with van der Waals surface area (Å²) in [5, 5.41) is 17.0. The molecule has 12 nitrogen and oxygen atoms in total. The van der Waals surface area contributed by atoms with Crippen LogP contribution in [-0.4, -0.2) is 65.4 Å². The highest BCUT2D eigenvalue weighted by Crippen LogP contribution is 2.08. The van der Waals surface area contributed by atoms with Crippen molar-refractivity contribution in [3.8, 4) is 0 Å². The fourth-order valence-corrected chi connectivity index (χ4v) is 3.60. The van der Waals surface area contributed by atoms with Crippen LogP contribution in [0, 0.1) is 5.92 Å². The maximum atomic E-state index is 13.1. The van der Waals surface area contributed by atoms with Crippen molar-refractivity contribution >= 4 is 29.6 Å². The molecule has 0 saturated carbocycles. The Morgan fingerprint density at radius 2 is 1.43 bits per heavy atom. The van der Waals surface area contributed by atoms with Crippen molar-refractivity contribution in [3.05, 3.63) is 35.9 Å². The summed E-state index contributed by atoms with van der Waals surface area (Å²) in [5.74, 6) is -4.26. The van der Waals surface area contributed by atoms with Gasteiger partial charge in [-0.05, 0) is 50.1 Å². The predicted octanol–water partition coefficient (Wildman–Crippen LogP) is -0.854. The van der Waals surface area contributed by atoms with Gasteiger partial charge in [-0.25, -0.2) is 4.79 Å². The van der Waals surface area contributed by atoms with Gasteiger partial charge in [0.2, 0.25) is 23.6 Å². The number of rotatable bonds is 17. The fourth-order valence-electron chi connectivity index (χ4n) is 3.60. The van der Waals surface area contributed by atoms with Gasteiger partial charge in [-0.2, -0.15) is 0 Å². The Labute approximate surface area is 217 Å². The normalized spacial score (nSPS) is 14.2. The summed E-state index contributed by atoms with van der Waals surface area (Å²) >= 11 is 0. The zero-order valence-electron chi connectivity index (χ0n) is 21.4. The van der Waals surface area contributed by atoms with Gasteiger partial charge >= 0.3 is 5.97 Å². The molecule has 0 bridgehead atoms. The molecule has 1 rings (SSSR count). The Bertz CT molecular complexity index is 910. The topological polar surface area (TPSA) is 220 Å². The van der Waals surface area contributed by atoms with Crippen molar-refractivity contribution in [2.75, 3.05) is 6.54 Å². The third-order valence-electron chi connectivity index (χ3n) is 5.76. The van der Waals surface area contributed by atoms with Crippen molar-refractivity contribution in [2.24, 2.45) is 23.1 Å².